The zero-order valence-corrected chi connectivity index (χ0v) is 10.3. The number of carbonyl (C=O) groups excluding carboxylic acids is 1. The van der Waals surface area contributed by atoms with E-state index < -0.39 is 28.3 Å². The summed E-state index contributed by atoms with van der Waals surface area (Å²) in [5, 5.41) is 15.2. The predicted molar refractivity (Wildman–Crippen MR) is 63.5 cm³/mol. The summed E-state index contributed by atoms with van der Waals surface area (Å²) in [5.74, 6) is -0.625. The van der Waals surface area contributed by atoms with E-state index in [2.05, 4.69) is 4.36 Å². The maximum Gasteiger partial charge on any atom is 0.345 e. The molecular weight excluding hydrogens is 245 g/mol. The lowest BCUT2D eigenvalue weighted by Crippen LogP contribution is -2.17. The summed E-state index contributed by atoms with van der Waals surface area (Å²) in [6.07, 6.45) is 0. The summed E-state index contributed by atoms with van der Waals surface area (Å²) < 4.78 is 17.0. The average molecular weight is 259 g/mol. The smallest absolute Gasteiger partial charge is 0.345 e. The molecule has 5 nitrogen and oxygen atoms in total. The molecule has 0 spiro atoms. The highest BCUT2D eigenvalue weighted by atomic mass is 32.2. The number of nitrogens with two attached hydrogens (primary N) is 2. The van der Waals surface area contributed by atoms with Gasteiger partial charge in [0.05, 0.1) is 10.5 Å². The van der Waals surface area contributed by atoms with Crippen molar-refractivity contribution in [3.8, 4) is 0 Å². The lowest BCUT2D eigenvalue weighted by molar-refractivity contribution is 0.0781. The summed E-state index contributed by atoms with van der Waals surface area (Å²) in [4.78, 5) is 10.6. The molecule has 0 aliphatic heterocycles. The summed E-state index contributed by atoms with van der Waals surface area (Å²) in [6.45, 7) is 3.08. The quantitative estimate of drug-likeness (QED) is 0.742. The predicted octanol–water partition coefficient (Wildman–Crippen LogP) is 1.17. The van der Waals surface area contributed by atoms with E-state index in [9.17, 15) is 14.3 Å². The number of hydrogen-bond donors (Lipinski definition) is 3. The Morgan fingerprint density at radius 2 is 2.12 bits per heavy atom. The molecule has 2 amide bonds. The van der Waals surface area contributed by atoms with E-state index in [-0.39, 0.29) is 4.90 Å². The van der Waals surface area contributed by atoms with Crippen LogP contribution < -0.4 is 10.9 Å². The Bertz CT molecular complexity index is 483. The Morgan fingerprint density at radius 1 is 1.53 bits per heavy atom. The van der Waals surface area contributed by atoms with Gasteiger partial charge in [0.1, 0.15) is 5.82 Å². The number of urea groups is 1. The zero-order chi connectivity index (χ0) is 13.2. The van der Waals surface area contributed by atoms with Gasteiger partial charge in [-0.15, -0.1) is 0 Å². The van der Waals surface area contributed by atoms with Gasteiger partial charge in [0, 0.05) is 10.9 Å². The van der Waals surface area contributed by atoms with Crippen LogP contribution in [-0.4, -0.2) is 11.1 Å². The number of benzene rings is 1. The fourth-order valence-corrected chi connectivity index (χ4v) is 1.96. The van der Waals surface area contributed by atoms with Gasteiger partial charge in [0.25, 0.3) is 0 Å². The fraction of sp³-hybridized carbons (Fsp3) is 0.300. The van der Waals surface area contributed by atoms with E-state index in [1.165, 1.54) is 32.0 Å². The van der Waals surface area contributed by atoms with E-state index in [1.807, 2.05) is 0 Å². The molecule has 0 heterocycles. The summed E-state index contributed by atoms with van der Waals surface area (Å²) in [5.41, 5.74) is 4.11. The van der Waals surface area contributed by atoms with Gasteiger partial charge < -0.3 is 10.8 Å². The second-order valence-electron chi connectivity index (χ2n) is 3.95. The number of primary amides is 1. The van der Waals surface area contributed by atoms with Crippen LogP contribution in [0.3, 0.4) is 0 Å². The largest absolute Gasteiger partial charge is 0.386 e. The van der Waals surface area contributed by atoms with E-state index >= 15 is 0 Å². The number of rotatable bonds is 2. The summed E-state index contributed by atoms with van der Waals surface area (Å²) >= 11 is 0. The van der Waals surface area contributed by atoms with Crippen LogP contribution in [0, 0.1) is 5.82 Å². The van der Waals surface area contributed by atoms with Gasteiger partial charge in [-0.1, -0.05) is 6.07 Å². The lowest BCUT2D eigenvalue weighted by Gasteiger charge is -2.18. The first kappa shape index (κ1) is 13.8. The molecular formula is C10H14FN3O2S. The van der Waals surface area contributed by atoms with Crippen molar-refractivity contribution in [2.45, 2.75) is 24.3 Å². The standard InChI is InChI=1S/C10H14FN3O2S/c1-10(2,16)6-3-4-8(7(11)5-6)17(13)14-9(12)15/h3-5,16H,1-2H3,(H4,12,13,14,15). The second-order valence-corrected chi connectivity index (χ2v) is 5.20. The van der Waals surface area contributed by atoms with Gasteiger partial charge in [0.2, 0.25) is 0 Å². The molecule has 1 aromatic carbocycles. The fourth-order valence-electron chi connectivity index (χ4n) is 1.20. The van der Waals surface area contributed by atoms with Crippen molar-refractivity contribution in [1.82, 2.24) is 0 Å². The first-order valence-corrected chi connectivity index (χ1v) is 5.98. The van der Waals surface area contributed by atoms with Crippen LogP contribution in [0.4, 0.5) is 9.18 Å². The molecule has 0 saturated heterocycles. The van der Waals surface area contributed by atoms with Crippen molar-refractivity contribution in [2.24, 2.45) is 15.2 Å². The Kier molecular flexibility index (Phi) is 3.97. The van der Waals surface area contributed by atoms with Gasteiger partial charge in [0.15, 0.2) is 0 Å². The summed E-state index contributed by atoms with van der Waals surface area (Å²) in [7, 11) is -1.42. The number of halogens is 1. The highest BCUT2D eigenvalue weighted by Gasteiger charge is 2.18. The van der Waals surface area contributed by atoms with Crippen molar-refractivity contribution in [2.75, 3.05) is 0 Å². The van der Waals surface area contributed by atoms with Crippen molar-refractivity contribution in [1.29, 1.82) is 0 Å². The minimum absolute atomic E-state index is 0.0804. The molecule has 17 heavy (non-hydrogen) atoms. The molecule has 1 unspecified atom stereocenters. The Hall–Kier alpha value is -1.31. The van der Waals surface area contributed by atoms with Crippen LogP contribution in [0.5, 0.6) is 0 Å². The maximum absolute atomic E-state index is 13.7. The van der Waals surface area contributed by atoms with Gasteiger partial charge >= 0.3 is 6.03 Å². The lowest BCUT2D eigenvalue weighted by atomic mass is 9.99. The van der Waals surface area contributed by atoms with Crippen molar-refractivity contribution < 1.29 is 14.3 Å². The first-order chi connectivity index (χ1) is 7.71. The van der Waals surface area contributed by atoms with Crippen LogP contribution in [0.25, 0.3) is 0 Å². The first-order valence-electron chi connectivity index (χ1n) is 4.74. The SMILES string of the molecule is CC(C)(O)c1ccc(S(N)=NC(N)=O)c(F)c1. The number of nitrogens with zero attached hydrogens (tertiary/aromatic N) is 1. The van der Waals surface area contributed by atoms with Gasteiger partial charge in [-0.25, -0.2) is 9.18 Å². The van der Waals surface area contributed by atoms with Gasteiger partial charge in [-0.05, 0) is 31.5 Å². The third kappa shape index (κ3) is 3.58. The van der Waals surface area contributed by atoms with E-state index in [0.717, 1.165) is 0 Å². The minimum Gasteiger partial charge on any atom is -0.386 e. The highest BCUT2D eigenvalue weighted by Crippen LogP contribution is 2.23. The van der Waals surface area contributed by atoms with Gasteiger partial charge in [-0.2, -0.15) is 4.36 Å². The molecule has 0 radical (unpaired) electrons. The minimum atomic E-state index is -1.42. The molecule has 1 atom stereocenters. The number of hydrogen-bond acceptors (Lipinski definition) is 2. The van der Waals surface area contributed by atoms with Crippen LogP contribution >= 0.6 is 0 Å². The van der Waals surface area contributed by atoms with Gasteiger partial charge in [-0.3, -0.25) is 5.14 Å². The van der Waals surface area contributed by atoms with E-state index in [0.29, 0.717) is 5.56 Å². The Morgan fingerprint density at radius 3 is 2.53 bits per heavy atom. The molecule has 0 fully saturated rings. The van der Waals surface area contributed by atoms with E-state index in [4.69, 9.17) is 10.9 Å². The number of aliphatic hydroxyl groups is 1. The molecule has 0 aromatic heterocycles. The van der Waals surface area contributed by atoms with Crippen molar-refractivity contribution in [3.05, 3.63) is 29.6 Å². The number of amides is 2. The van der Waals surface area contributed by atoms with E-state index in [1.54, 1.807) is 0 Å². The molecule has 7 heteroatoms. The normalized spacial score (nSPS) is 13.7. The molecule has 1 rings (SSSR count). The Labute approximate surface area is 101 Å². The van der Waals surface area contributed by atoms with Crippen LogP contribution in [-0.2, 0) is 16.5 Å². The Balaban J connectivity index is 3.19. The van der Waals surface area contributed by atoms with Crippen LogP contribution in [0.2, 0.25) is 0 Å². The number of carbonyl (C=O) groups is 1. The molecule has 0 bridgehead atoms. The summed E-state index contributed by atoms with van der Waals surface area (Å²) in [6, 6.07) is 3.14. The molecule has 0 saturated carbocycles. The molecule has 5 N–H and O–H groups in total. The maximum atomic E-state index is 13.7. The molecule has 94 valence electrons. The highest BCUT2D eigenvalue weighted by molar-refractivity contribution is 7.85. The average Bonchev–Trinajstić information content (AvgIpc) is 2.14. The van der Waals surface area contributed by atoms with Crippen molar-refractivity contribution >= 4 is 16.9 Å². The third-order valence-corrected chi connectivity index (χ3v) is 3.21. The second kappa shape index (κ2) is 4.91. The molecule has 0 aliphatic rings. The third-order valence-electron chi connectivity index (χ3n) is 2.05. The topological polar surface area (TPSA) is 102 Å². The monoisotopic (exact) mass is 259 g/mol. The van der Waals surface area contributed by atoms with Crippen molar-refractivity contribution in [3.63, 3.8) is 0 Å². The van der Waals surface area contributed by atoms with Crippen LogP contribution in [0.15, 0.2) is 27.5 Å². The zero-order valence-electron chi connectivity index (χ0n) is 9.48. The van der Waals surface area contributed by atoms with Crippen LogP contribution in [0.1, 0.15) is 19.4 Å². The molecule has 0 aliphatic carbocycles. The molecule has 1 aromatic rings.